The maximum absolute atomic E-state index is 14.1. The van der Waals surface area contributed by atoms with E-state index < -0.39 is 0 Å². The molecule has 30 heavy (non-hydrogen) atoms. The van der Waals surface area contributed by atoms with Crippen LogP contribution < -0.4 is 15.4 Å². The molecule has 1 saturated heterocycles. The van der Waals surface area contributed by atoms with Crippen LogP contribution in [0.1, 0.15) is 42.4 Å². The summed E-state index contributed by atoms with van der Waals surface area (Å²) in [5.41, 5.74) is 2.98. The number of nitrogens with zero attached hydrogens (tertiary/aromatic N) is 1. The Bertz CT molecular complexity index is 896. The first-order valence-corrected chi connectivity index (χ1v) is 10.8. The Balaban J connectivity index is 1.42. The molecule has 1 heterocycles. The fraction of sp³-hybridized carbons (Fsp3) is 0.458. The highest BCUT2D eigenvalue weighted by molar-refractivity contribution is 5.80. The van der Waals surface area contributed by atoms with Gasteiger partial charge in [0.25, 0.3) is 0 Å². The van der Waals surface area contributed by atoms with E-state index in [4.69, 9.17) is 14.5 Å². The Hall–Kier alpha value is -2.60. The molecule has 2 fully saturated rings. The highest BCUT2D eigenvalue weighted by Crippen LogP contribution is 2.41. The van der Waals surface area contributed by atoms with Crippen LogP contribution in [0.4, 0.5) is 4.39 Å². The summed E-state index contributed by atoms with van der Waals surface area (Å²) in [4.78, 5) is 4.77. The summed E-state index contributed by atoms with van der Waals surface area (Å²) < 4.78 is 25.7. The van der Waals surface area contributed by atoms with Gasteiger partial charge in [-0.2, -0.15) is 0 Å². The SMILES string of the molecule is CCNC(=NCc1ccc(C)cc1OC1CCOC1)NC1CC1c1ccccc1F. The van der Waals surface area contributed by atoms with E-state index in [2.05, 4.69) is 35.8 Å². The molecule has 0 bridgehead atoms. The number of rotatable bonds is 7. The largest absolute Gasteiger partial charge is 0.488 e. The molecule has 2 N–H and O–H groups in total. The summed E-state index contributed by atoms with van der Waals surface area (Å²) >= 11 is 0. The molecule has 2 aromatic rings. The second kappa shape index (κ2) is 9.47. The summed E-state index contributed by atoms with van der Waals surface area (Å²) in [5.74, 6) is 1.68. The van der Waals surface area contributed by atoms with Crippen molar-refractivity contribution in [2.45, 2.75) is 51.3 Å². The fourth-order valence-electron chi connectivity index (χ4n) is 3.82. The van der Waals surface area contributed by atoms with Gasteiger partial charge in [-0.25, -0.2) is 9.38 Å². The summed E-state index contributed by atoms with van der Waals surface area (Å²) in [5, 5.41) is 6.75. The van der Waals surface area contributed by atoms with Crippen LogP contribution in [-0.2, 0) is 11.3 Å². The van der Waals surface area contributed by atoms with Crippen molar-refractivity contribution in [3.63, 3.8) is 0 Å². The number of guanidine groups is 1. The van der Waals surface area contributed by atoms with Gasteiger partial charge < -0.3 is 20.1 Å². The molecule has 5 nitrogen and oxygen atoms in total. The zero-order valence-corrected chi connectivity index (χ0v) is 17.7. The lowest BCUT2D eigenvalue weighted by atomic mass is 10.1. The third-order valence-corrected chi connectivity index (χ3v) is 5.57. The van der Waals surface area contributed by atoms with Crippen LogP contribution >= 0.6 is 0 Å². The quantitative estimate of drug-likeness (QED) is 0.536. The Morgan fingerprint density at radius 1 is 1.27 bits per heavy atom. The number of nitrogens with one attached hydrogen (secondary N) is 2. The molecule has 3 atom stereocenters. The lowest BCUT2D eigenvalue weighted by molar-refractivity contribution is 0.140. The average molecular weight is 412 g/mol. The minimum absolute atomic E-state index is 0.105. The van der Waals surface area contributed by atoms with E-state index in [9.17, 15) is 4.39 Å². The van der Waals surface area contributed by atoms with Crippen molar-refractivity contribution in [2.75, 3.05) is 19.8 Å². The number of ether oxygens (including phenoxy) is 2. The minimum atomic E-state index is -0.133. The topological polar surface area (TPSA) is 54.9 Å². The summed E-state index contributed by atoms with van der Waals surface area (Å²) in [6.07, 6.45) is 1.93. The first kappa shape index (κ1) is 20.7. The molecule has 0 aromatic heterocycles. The van der Waals surface area contributed by atoms with Crippen LogP contribution in [0.25, 0.3) is 0 Å². The highest BCUT2D eigenvalue weighted by atomic mass is 19.1. The van der Waals surface area contributed by atoms with Crippen LogP contribution in [0, 0.1) is 12.7 Å². The van der Waals surface area contributed by atoms with Gasteiger partial charge in [0.05, 0.1) is 19.8 Å². The van der Waals surface area contributed by atoms with Crippen LogP contribution in [-0.4, -0.2) is 37.9 Å². The molecular weight excluding hydrogens is 381 g/mol. The van der Waals surface area contributed by atoms with E-state index in [-0.39, 0.29) is 23.9 Å². The number of aliphatic imine (C=N–C) groups is 1. The van der Waals surface area contributed by atoms with Gasteiger partial charge in [0.1, 0.15) is 17.7 Å². The smallest absolute Gasteiger partial charge is 0.191 e. The Labute approximate surface area is 177 Å². The van der Waals surface area contributed by atoms with Crippen molar-refractivity contribution < 1.29 is 13.9 Å². The third kappa shape index (κ3) is 5.11. The van der Waals surface area contributed by atoms with Crippen molar-refractivity contribution in [2.24, 2.45) is 4.99 Å². The molecule has 160 valence electrons. The first-order chi connectivity index (χ1) is 14.6. The zero-order valence-electron chi connectivity index (χ0n) is 17.7. The standard InChI is InChI=1S/C24H30FN3O2/c1-3-26-24(28-22-13-20(22)19-6-4-5-7-21(19)25)27-14-17-9-8-16(2)12-23(17)30-18-10-11-29-15-18/h4-9,12,18,20,22H,3,10-11,13-15H2,1-2H3,(H2,26,27,28). The van der Waals surface area contributed by atoms with E-state index in [1.54, 1.807) is 6.07 Å². The summed E-state index contributed by atoms with van der Waals surface area (Å²) in [6.45, 7) is 6.77. The summed E-state index contributed by atoms with van der Waals surface area (Å²) in [6, 6.07) is 13.4. The van der Waals surface area contributed by atoms with E-state index >= 15 is 0 Å². The van der Waals surface area contributed by atoms with Crippen molar-refractivity contribution in [1.29, 1.82) is 0 Å². The van der Waals surface area contributed by atoms with Gasteiger partial charge in [-0.05, 0) is 43.5 Å². The van der Waals surface area contributed by atoms with Crippen LogP contribution in [0.3, 0.4) is 0 Å². The van der Waals surface area contributed by atoms with Crippen LogP contribution in [0.5, 0.6) is 5.75 Å². The molecule has 1 aliphatic heterocycles. The van der Waals surface area contributed by atoms with Gasteiger partial charge >= 0.3 is 0 Å². The molecule has 1 aliphatic carbocycles. The number of halogens is 1. The maximum Gasteiger partial charge on any atom is 0.191 e. The van der Waals surface area contributed by atoms with E-state index in [0.717, 1.165) is 54.4 Å². The molecule has 1 saturated carbocycles. The molecule has 2 aliphatic rings. The molecule has 2 aromatic carbocycles. The molecule has 0 spiro atoms. The molecular formula is C24H30FN3O2. The Morgan fingerprint density at radius 3 is 2.90 bits per heavy atom. The van der Waals surface area contributed by atoms with Gasteiger partial charge in [-0.3, -0.25) is 0 Å². The van der Waals surface area contributed by atoms with Gasteiger partial charge in [0.15, 0.2) is 5.96 Å². The third-order valence-electron chi connectivity index (χ3n) is 5.57. The van der Waals surface area contributed by atoms with E-state index in [1.807, 2.05) is 19.1 Å². The number of hydrogen-bond donors (Lipinski definition) is 2. The minimum Gasteiger partial charge on any atom is -0.488 e. The van der Waals surface area contributed by atoms with Crippen LogP contribution in [0.2, 0.25) is 0 Å². The van der Waals surface area contributed by atoms with E-state index in [0.29, 0.717) is 13.2 Å². The molecule has 0 amide bonds. The van der Waals surface area contributed by atoms with E-state index in [1.165, 1.54) is 6.07 Å². The number of benzene rings is 2. The Kier molecular flexibility index (Phi) is 6.53. The number of hydrogen-bond acceptors (Lipinski definition) is 3. The lowest BCUT2D eigenvalue weighted by Gasteiger charge is -2.16. The second-order valence-electron chi connectivity index (χ2n) is 8.02. The van der Waals surface area contributed by atoms with Crippen molar-refractivity contribution >= 4 is 5.96 Å². The molecule has 6 heteroatoms. The predicted molar refractivity (Wildman–Crippen MR) is 117 cm³/mol. The first-order valence-electron chi connectivity index (χ1n) is 10.8. The highest BCUT2D eigenvalue weighted by Gasteiger charge is 2.40. The average Bonchev–Trinajstić information content (AvgIpc) is 3.29. The fourth-order valence-corrected chi connectivity index (χ4v) is 3.82. The van der Waals surface area contributed by atoms with Crippen molar-refractivity contribution in [1.82, 2.24) is 10.6 Å². The van der Waals surface area contributed by atoms with Gasteiger partial charge in [0, 0.05) is 30.5 Å². The summed E-state index contributed by atoms with van der Waals surface area (Å²) in [7, 11) is 0. The monoisotopic (exact) mass is 411 g/mol. The number of aryl methyl sites for hydroxylation is 1. The van der Waals surface area contributed by atoms with Gasteiger partial charge in [-0.1, -0.05) is 30.3 Å². The predicted octanol–water partition coefficient (Wildman–Crippen LogP) is 3.91. The normalized spacial score (nSPS) is 23.3. The van der Waals surface area contributed by atoms with Gasteiger partial charge in [0.2, 0.25) is 0 Å². The Morgan fingerprint density at radius 2 is 2.13 bits per heavy atom. The van der Waals surface area contributed by atoms with Gasteiger partial charge in [-0.15, -0.1) is 0 Å². The van der Waals surface area contributed by atoms with Crippen LogP contribution in [0.15, 0.2) is 47.5 Å². The molecule has 4 rings (SSSR count). The molecule has 3 unspecified atom stereocenters. The second-order valence-corrected chi connectivity index (χ2v) is 8.02. The maximum atomic E-state index is 14.1. The lowest BCUT2D eigenvalue weighted by Crippen LogP contribution is -2.39. The zero-order chi connectivity index (χ0) is 20.9. The van der Waals surface area contributed by atoms with Crippen molar-refractivity contribution in [3.05, 3.63) is 65.0 Å². The molecule has 0 radical (unpaired) electrons. The van der Waals surface area contributed by atoms with Crippen molar-refractivity contribution in [3.8, 4) is 5.75 Å².